The maximum Gasteiger partial charge on any atom is 0.330 e. The number of allylic oxidation sites excluding steroid dienone is 3. The fourth-order valence-corrected chi connectivity index (χ4v) is 1.81. The van der Waals surface area contributed by atoms with E-state index in [-0.39, 0.29) is 5.83 Å². The average molecular weight is 270 g/mol. The molecular formula is C16H27FO2. The van der Waals surface area contributed by atoms with E-state index in [0.717, 1.165) is 12.8 Å². The van der Waals surface area contributed by atoms with E-state index in [1.807, 2.05) is 0 Å². The van der Waals surface area contributed by atoms with Gasteiger partial charge in [0.05, 0.1) is 12.9 Å². The topological polar surface area (TPSA) is 26.3 Å². The summed E-state index contributed by atoms with van der Waals surface area (Å²) in [5.74, 6) is -0.637. The van der Waals surface area contributed by atoms with Crippen LogP contribution in [0.1, 0.15) is 64.7 Å². The molecule has 0 aromatic carbocycles. The van der Waals surface area contributed by atoms with Gasteiger partial charge in [0, 0.05) is 6.08 Å². The number of hydrogen-bond donors (Lipinski definition) is 0. The number of carbonyl (C=O) groups is 1. The van der Waals surface area contributed by atoms with E-state index in [1.54, 1.807) is 0 Å². The Balaban J connectivity index is 3.47. The van der Waals surface area contributed by atoms with Crippen LogP contribution in [0.4, 0.5) is 4.39 Å². The average Bonchev–Trinajstić information content (AvgIpc) is 2.41. The Morgan fingerprint density at radius 2 is 1.63 bits per heavy atom. The third kappa shape index (κ3) is 13.1. The molecule has 0 amide bonds. The van der Waals surface area contributed by atoms with Crippen molar-refractivity contribution in [2.24, 2.45) is 0 Å². The van der Waals surface area contributed by atoms with Gasteiger partial charge in [-0.25, -0.2) is 9.18 Å². The molecule has 0 unspecified atom stereocenters. The van der Waals surface area contributed by atoms with Crippen LogP contribution < -0.4 is 0 Å². The van der Waals surface area contributed by atoms with Crippen molar-refractivity contribution in [2.45, 2.75) is 64.7 Å². The molecule has 0 saturated heterocycles. The summed E-state index contributed by atoms with van der Waals surface area (Å²) in [6, 6.07) is 0. The second kappa shape index (κ2) is 13.3. The van der Waals surface area contributed by atoms with Crippen LogP contribution in [0.25, 0.3) is 0 Å². The monoisotopic (exact) mass is 270 g/mol. The SMILES string of the molecule is CCCCCCCCCC/C(F)=C/C=C/C(=O)OC. The van der Waals surface area contributed by atoms with Gasteiger partial charge < -0.3 is 4.74 Å². The number of esters is 1. The largest absolute Gasteiger partial charge is 0.466 e. The van der Waals surface area contributed by atoms with Gasteiger partial charge in [-0.2, -0.15) is 0 Å². The van der Waals surface area contributed by atoms with Gasteiger partial charge >= 0.3 is 5.97 Å². The Morgan fingerprint density at radius 1 is 1.05 bits per heavy atom. The van der Waals surface area contributed by atoms with Gasteiger partial charge in [0.15, 0.2) is 0 Å². The molecule has 2 nitrogen and oxygen atoms in total. The van der Waals surface area contributed by atoms with E-state index in [9.17, 15) is 9.18 Å². The summed E-state index contributed by atoms with van der Waals surface area (Å²) in [6.45, 7) is 2.21. The highest BCUT2D eigenvalue weighted by atomic mass is 19.1. The number of hydrogen-bond acceptors (Lipinski definition) is 2. The summed E-state index contributed by atoms with van der Waals surface area (Å²) in [5, 5.41) is 0. The lowest BCUT2D eigenvalue weighted by Crippen LogP contribution is -1.92. The van der Waals surface area contributed by atoms with E-state index in [0.29, 0.717) is 6.42 Å². The van der Waals surface area contributed by atoms with E-state index in [2.05, 4.69) is 11.7 Å². The third-order valence-electron chi connectivity index (χ3n) is 2.98. The highest BCUT2D eigenvalue weighted by Gasteiger charge is 1.96. The highest BCUT2D eigenvalue weighted by Crippen LogP contribution is 2.13. The minimum absolute atomic E-state index is 0.175. The molecule has 3 heteroatoms. The Bertz CT molecular complexity index is 282. The molecule has 0 rings (SSSR count). The molecule has 0 aromatic heterocycles. The van der Waals surface area contributed by atoms with Crippen LogP contribution >= 0.6 is 0 Å². The standard InChI is InChI=1S/C16H27FO2/c1-3-4-5-6-7-8-9-10-12-15(17)13-11-14-16(18)19-2/h11,13-14H,3-10,12H2,1-2H3/b14-11+,15-13-. The van der Waals surface area contributed by atoms with Crippen LogP contribution in [0.3, 0.4) is 0 Å². The normalized spacial score (nSPS) is 12.1. The van der Waals surface area contributed by atoms with Crippen LogP contribution in [0.5, 0.6) is 0 Å². The summed E-state index contributed by atoms with van der Waals surface area (Å²) in [5.41, 5.74) is 0. The molecule has 0 fully saturated rings. The Morgan fingerprint density at radius 3 is 2.21 bits per heavy atom. The minimum atomic E-state index is -0.462. The molecule has 0 atom stereocenters. The van der Waals surface area contributed by atoms with Crippen LogP contribution in [-0.4, -0.2) is 13.1 Å². The van der Waals surface area contributed by atoms with Gasteiger partial charge in [-0.1, -0.05) is 57.9 Å². The second-order valence-corrected chi connectivity index (χ2v) is 4.72. The third-order valence-corrected chi connectivity index (χ3v) is 2.98. The van der Waals surface area contributed by atoms with E-state index in [4.69, 9.17) is 0 Å². The first-order valence-electron chi connectivity index (χ1n) is 7.31. The molecule has 0 radical (unpaired) electrons. The second-order valence-electron chi connectivity index (χ2n) is 4.72. The number of unbranched alkanes of at least 4 members (excludes halogenated alkanes) is 7. The first-order chi connectivity index (χ1) is 9.20. The van der Waals surface area contributed by atoms with E-state index < -0.39 is 5.97 Å². The molecule has 0 saturated carbocycles. The van der Waals surface area contributed by atoms with Crippen molar-refractivity contribution in [2.75, 3.05) is 7.11 Å². The lowest BCUT2D eigenvalue weighted by Gasteiger charge is -2.00. The molecule has 19 heavy (non-hydrogen) atoms. The van der Waals surface area contributed by atoms with E-state index in [1.165, 1.54) is 63.9 Å². The predicted molar refractivity (Wildman–Crippen MR) is 77.6 cm³/mol. The number of carbonyl (C=O) groups excluding carboxylic acids is 1. The lowest BCUT2D eigenvalue weighted by atomic mass is 10.1. The Hall–Kier alpha value is -1.12. The molecule has 0 bridgehead atoms. The number of halogens is 1. The van der Waals surface area contributed by atoms with Crippen LogP contribution in [0.15, 0.2) is 24.1 Å². The zero-order valence-electron chi connectivity index (χ0n) is 12.3. The zero-order valence-corrected chi connectivity index (χ0v) is 12.3. The molecular weight excluding hydrogens is 243 g/mol. The summed E-state index contributed by atoms with van der Waals surface area (Å²) in [4.78, 5) is 10.7. The maximum absolute atomic E-state index is 13.3. The van der Waals surface area contributed by atoms with Gasteiger partial charge in [0.25, 0.3) is 0 Å². The van der Waals surface area contributed by atoms with Crippen molar-refractivity contribution in [3.05, 3.63) is 24.1 Å². The minimum Gasteiger partial charge on any atom is -0.466 e. The lowest BCUT2D eigenvalue weighted by molar-refractivity contribution is -0.134. The van der Waals surface area contributed by atoms with Crippen molar-refractivity contribution >= 4 is 5.97 Å². The highest BCUT2D eigenvalue weighted by molar-refractivity contribution is 5.82. The first kappa shape index (κ1) is 17.9. The molecule has 0 aliphatic heterocycles. The molecule has 110 valence electrons. The summed E-state index contributed by atoms with van der Waals surface area (Å²) < 4.78 is 17.7. The smallest absolute Gasteiger partial charge is 0.330 e. The van der Waals surface area contributed by atoms with Crippen molar-refractivity contribution < 1.29 is 13.9 Å². The van der Waals surface area contributed by atoms with Gasteiger partial charge in [0.1, 0.15) is 0 Å². The molecule has 0 spiro atoms. The molecule has 0 heterocycles. The fourth-order valence-electron chi connectivity index (χ4n) is 1.81. The van der Waals surface area contributed by atoms with Crippen molar-refractivity contribution in [3.63, 3.8) is 0 Å². The van der Waals surface area contributed by atoms with Gasteiger partial charge in [-0.05, 0) is 18.9 Å². The van der Waals surface area contributed by atoms with Gasteiger partial charge in [-0.15, -0.1) is 0 Å². The molecule has 0 aromatic rings. The van der Waals surface area contributed by atoms with Crippen LogP contribution in [0.2, 0.25) is 0 Å². The zero-order chi connectivity index (χ0) is 14.3. The van der Waals surface area contributed by atoms with Crippen molar-refractivity contribution in [1.29, 1.82) is 0 Å². The van der Waals surface area contributed by atoms with Crippen LogP contribution in [0, 0.1) is 0 Å². The number of rotatable bonds is 11. The number of ether oxygens (including phenoxy) is 1. The summed E-state index contributed by atoms with van der Waals surface area (Å²) in [7, 11) is 1.30. The fraction of sp³-hybridized carbons (Fsp3) is 0.688. The Labute approximate surface area is 116 Å². The summed E-state index contributed by atoms with van der Waals surface area (Å²) >= 11 is 0. The maximum atomic E-state index is 13.3. The predicted octanol–water partition coefficient (Wildman–Crippen LogP) is 5.10. The van der Waals surface area contributed by atoms with Gasteiger partial charge in [-0.3, -0.25) is 0 Å². The molecule has 0 N–H and O–H groups in total. The van der Waals surface area contributed by atoms with Crippen molar-refractivity contribution in [3.8, 4) is 0 Å². The van der Waals surface area contributed by atoms with Crippen LogP contribution in [-0.2, 0) is 9.53 Å². The first-order valence-corrected chi connectivity index (χ1v) is 7.31. The summed E-state index contributed by atoms with van der Waals surface area (Å²) in [6.07, 6.45) is 14.0. The van der Waals surface area contributed by atoms with Crippen molar-refractivity contribution in [1.82, 2.24) is 0 Å². The van der Waals surface area contributed by atoms with E-state index >= 15 is 0 Å². The Kier molecular flexibility index (Phi) is 12.5. The van der Waals surface area contributed by atoms with Gasteiger partial charge in [0.2, 0.25) is 0 Å². The number of methoxy groups -OCH3 is 1. The quantitative estimate of drug-likeness (QED) is 0.226. The molecule has 0 aliphatic rings. The molecule has 0 aliphatic carbocycles.